The number of carbonyl (C=O) groups excluding carboxylic acids is 5. The van der Waals surface area contributed by atoms with Crippen LogP contribution in [0.15, 0.2) is 12.2 Å². The first kappa shape index (κ1) is 25.9. The van der Waals surface area contributed by atoms with Crippen molar-refractivity contribution in [2.24, 2.45) is 0 Å². The molecule has 1 rings (SSSR count). The Morgan fingerprint density at radius 2 is 1.55 bits per heavy atom. The Kier molecular flexibility index (Phi) is 12.4. The molecule has 0 aromatic carbocycles. The van der Waals surface area contributed by atoms with E-state index in [-0.39, 0.29) is 31.5 Å². The molecule has 11 nitrogen and oxygen atoms in total. The van der Waals surface area contributed by atoms with Gasteiger partial charge < -0.3 is 25.4 Å². The number of hydrogen-bond donors (Lipinski definition) is 3. The van der Waals surface area contributed by atoms with Gasteiger partial charge >= 0.3 is 12.2 Å². The number of alkyl carbamates (subject to hydrolysis) is 2. The topological polar surface area (TPSA) is 143 Å². The van der Waals surface area contributed by atoms with E-state index in [9.17, 15) is 24.0 Å². The zero-order valence-electron chi connectivity index (χ0n) is 18.1. The first-order valence-electron chi connectivity index (χ1n) is 10.5. The number of nitrogens with zero attached hydrogens (tertiary/aromatic N) is 1. The predicted octanol–water partition coefficient (Wildman–Crippen LogP) is 0.839. The lowest BCUT2D eigenvalue weighted by atomic mass is 10.1. The van der Waals surface area contributed by atoms with E-state index in [0.717, 1.165) is 11.3 Å². The molecule has 3 N–H and O–H groups in total. The Hall–Kier alpha value is -3.11. The molecule has 0 spiro atoms. The maximum absolute atomic E-state index is 12.0. The number of ether oxygens (including phenoxy) is 2. The van der Waals surface area contributed by atoms with Gasteiger partial charge in [0.1, 0.15) is 0 Å². The highest BCUT2D eigenvalue weighted by atomic mass is 16.6. The molecule has 0 bridgehead atoms. The van der Waals surface area contributed by atoms with E-state index < -0.39 is 24.0 Å². The summed E-state index contributed by atoms with van der Waals surface area (Å²) in [5, 5.41) is 8.13. The summed E-state index contributed by atoms with van der Waals surface area (Å²) in [7, 11) is 0. The number of hydrogen-bond acceptors (Lipinski definition) is 7. The first-order valence-corrected chi connectivity index (χ1v) is 10.5. The van der Waals surface area contributed by atoms with Crippen molar-refractivity contribution in [3.8, 4) is 0 Å². The molecule has 0 saturated carbocycles. The van der Waals surface area contributed by atoms with Crippen molar-refractivity contribution in [2.45, 2.75) is 52.0 Å². The van der Waals surface area contributed by atoms with Crippen LogP contribution in [-0.4, -0.2) is 73.7 Å². The van der Waals surface area contributed by atoms with E-state index in [1.54, 1.807) is 13.8 Å². The fraction of sp³-hybridized carbons (Fsp3) is 0.650. The zero-order valence-corrected chi connectivity index (χ0v) is 18.1. The van der Waals surface area contributed by atoms with Crippen LogP contribution in [0.4, 0.5) is 9.59 Å². The fourth-order valence-corrected chi connectivity index (χ4v) is 2.86. The molecule has 11 heteroatoms. The van der Waals surface area contributed by atoms with Crippen LogP contribution in [0.5, 0.6) is 0 Å². The lowest BCUT2D eigenvalue weighted by Crippen LogP contribution is -2.39. The maximum atomic E-state index is 12.0. The first-order chi connectivity index (χ1) is 14.9. The normalized spacial score (nSPS) is 13.7. The monoisotopic (exact) mass is 440 g/mol. The molecule has 1 aliphatic heterocycles. The molecule has 0 fully saturated rings. The van der Waals surface area contributed by atoms with Crippen molar-refractivity contribution in [1.29, 1.82) is 0 Å². The third kappa shape index (κ3) is 11.0. The van der Waals surface area contributed by atoms with Crippen LogP contribution in [0.2, 0.25) is 0 Å². The molecule has 0 aromatic heterocycles. The number of rotatable bonds is 14. The second-order valence-electron chi connectivity index (χ2n) is 6.75. The SMILES string of the molecule is CCOC(=O)NCCCCC(CCNC(=O)CCN1C(=O)C=CC1=O)NC(=O)OCC. The van der Waals surface area contributed by atoms with Crippen LogP contribution < -0.4 is 16.0 Å². The third-order valence-electron chi connectivity index (χ3n) is 4.40. The molecule has 0 aliphatic carbocycles. The maximum Gasteiger partial charge on any atom is 0.407 e. The highest BCUT2D eigenvalue weighted by Gasteiger charge is 2.23. The van der Waals surface area contributed by atoms with Crippen molar-refractivity contribution in [1.82, 2.24) is 20.9 Å². The molecule has 1 heterocycles. The van der Waals surface area contributed by atoms with Gasteiger partial charge in [-0.05, 0) is 39.5 Å². The minimum absolute atomic E-state index is 0.00859. The van der Waals surface area contributed by atoms with Crippen molar-refractivity contribution >= 4 is 29.9 Å². The molecule has 174 valence electrons. The Morgan fingerprint density at radius 3 is 2.19 bits per heavy atom. The molecule has 31 heavy (non-hydrogen) atoms. The summed E-state index contributed by atoms with van der Waals surface area (Å²) in [5.74, 6) is -1.14. The number of carbonyl (C=O) groups is 5. The van der Waals surface area contributed by atoms with E-state index in [2.05, 4.69) is 16.0 Å². The van der Waals surface area contributed by atoms with E-state index in [4.69, 9.17) is 9.47 Å². The average Bonchev–Trinajstić information content (AvgIpc) is 3.03. The van der Waals surface area contributed by atoms with Gasteiger partial charge in [-0.25, -0.2) is 9.59 Å². The van der Waals surface area contributed by atoms with E-state index in [1.165, 1.54) is 12.2 Å². The van der Waals surface area contributed by atoms with Crippen LogP contribution in [0.1, 0.15) is 46.0 Å². The average molecular weight is 440 g/mol. The van der Waals surface area contributed by atoms with Crippen LogP contribution in [0.3, 0.4) is 0 Å². The second-order valence-corrected chi connectivity index (χ2v) is 6.75. The summed E-state index contributed by atoms with van der Waals surface area (Å²) in [6.45, 7) is 4.80. The van der Waals surface area contributed by atoms with Crippen molar-refractivity contribution in [3.05, 3.63) is 12.2 Å². The molecule has 1 aliphatic rings. The highest BCUT2D eigenvalue weighted by molar-refractivity contribution is 6.13. The molecule has 0 aromatic rings. The number of unbranched alkanes of at least 4 members (excludes halogenated alkanes) is 1. The Balaban J connectivity index is 2.31. The standard InChI is InChI=1S/C20H32N4O7/c1-3-30-19(28)22-12-6-5-7-15(23-20(29)31-4-2)10-13-21-16(25)11-14-24-17(26)8-9-18(24)27/h8-9,15H,3-7,10-14H2,1-2H3,(H,21,25)(H,22,28)(H,23,29). The van der Waals surface area contributed by atoms with E-state index in [0.29, 0.717) is 39.0 Å². The summed E-state index contributed by atoms with van der Waals surface area (Å²) < 4.78 is 9.70. The molecule has 0 radical (unpaired) electrons. The Bertz CT molecular complexity index is 648. The number of amides is 5. The van der Waals surface area contributed by atoms with Crippen molar-refractivity contribution < 1.29 is 33.4 Å². The lowest BCUT2D eigenvalue weighted by molar-refractivity contribution is -0.137. The summed E-state index contributed by atoms with van der Waals surface area (Å²) in [5.41, 5.74) is 0. The molecule has 1 atom stereocenters. The minimum atomic E-state index is -0.526. The summed E-state index contributed by atoms with van der Waals surface area (Å²) in [4.78, 5) is 58.9. The van der Waals surface area contributed by atoms with Gasteiger partial charge in [-0.3, -0.25) is 19.3 Å². The van der Waals surface area contributed by atoms with Crippen LogP contribution in [-0.2, 0) is 23.9 Å². The van der Waals surface area contributed by atoms with Gasteiger partial charge in [-0.2, -0.15) is 0 Å². The van der Waals surface area contributed by atoms with Gasteiger partial charge in [0.05, 0.1) is 13.2 Å². The Labute approximate surface area is 181 Å². The summed E-state index contributed by atoms with van der Waals surface area (Å²) >= 11 is 0. The minimum Gasteiger partial charge on any atom is -0.450 e. The highest BCUT2D eigenvalue weighted by Crippen LogP contribution is 2.06. The number of nitrogens with one attached hydrogen (secondary N) is 3. The lowest BCUT2D eigenvalue weighted by Gasteiger charge is -2.19. The zero-order chi connectivity index (χ0) is 23.1. The van der Waals surface area contributed by atoms with Gasteiger partial charge in [-0.1, -0.05) is 0 Å². The van der Waals surface area contributed by atoms with Crippen LogP contribution >= 0.6 is 0 Å². The van der Waals surface area contributed by atoms with E-state index >= 15 is 0 Å². The van der Waals surface area contributed by atoms with Gasteiger partial charge in [0.2, 0.25) is 5.91 Å². The van der Waals surface area contributed by atoms with Gasteiger partial charge in [0.25, 0.3) is 11.8 Å². The van der Waals surface area contributed by atoms with Crippen LogP contribution in [0, 0.1) is 0 Å². The van der Waals surface area contributed by atoms with Gasteiger partial charge in [0, 0.05) is 44.2 Å². The largest absolute Gasteiger partial charge is 0.450 e. The van der Waals surface area contributed by atoms with Crippen molar-refractivity contribution in [2.75, 3.05) is 32.8 Å². The second kappa shape index (κ2) is 14.8. The molecule has 5 amide bonds. The fourth-order valence-electron chi connectivity index (χ4n) is 2.86. The summed E-state index contributed by atoms with van der Waals surface area (Å²) in [6, 6.07) is -0.215. The van der Waals surface area contributed by atoms with Crippen molar-refractivity contribution in [3.63, 3.8) is 0 Å². The quantitative estimate of drug-likeness (QED) is 0.268. The molecule has 0 saturated heterocycles. The molecule has 1 unspecified atom stereocenters. The smallest absolute Gasteiger partial charge is 0.407 e. The Morgan fingerprint density at radius 1 is 0.903 bits per heavy atom. The van der Waals surface area contributed by atoms with E-state index in [1.807, 2.05) is 0 Å². The van der Waals surface area contributed by atoms with Gasteiger partial charge in [0.15, 0.2) is 0 Å². The summed E-state index contributed by atoms with van der Waals surface area (Å²) in [6.07, 6.45) is 3.95. The molecular weight excluding hydrogens is 408 g/mol. The van der Waals surface area contributed by atoms with Crippen LogP contribution in [0.25, 0.3) is 0 Å². The van der Waals surface area contributed by atoms with Gasteiger partial charge in [-0.15, -0.1) is 0 Å². The third-order valence-corrected chi connectivity index (χ3v) is 4.40. The number of imide groups is 1. The molecular formula is C20H32N4O7. The predicted molar refractivity (Wildman–Crippen MR) is 111 cm³/mol.